The number of amides is 2. The van der Waals surface area contributed by atoms with Crippen LogP contribution in [0.15, 0.2) is 46.0 Å². The van der Waals surface area contributed by atoms with Crippen molar-refractivity contribution >= 4 is 17.6 Å². The van der Waals surface area contributed by atoms with Crippen molar-refractivity contribution in [1.29, 1.82) is 0 Å². The smallest absolute Gasteiger partial charge is 0.295 e. The molecular formula is C26H25FN4O5. The minimum Gasteiger partial charge on any atom is -0.472 e. The van der Waals surface area contributed by atoms with Crippen LogP contribution in [0.3, 0.4) is 0 Å². The highest BCUT2D eigenvalue weighted by Gasteiger charge is 2.30. The van der Waals surface area contributed by atoms with Crippen molar-refractivity contribution < 1.29 is 23.2 Å². The van der Waals surface area contributed by atoms with Gasteiger partial charge >= 0.3 is 0 Å². The largest absolute Gasteiger partial charge is 0.472 e. The lowest BCUT2D eigenvalue weighted by molar-refractivity contribution is -0.127. The highest BCUT2D eigenvalue weighted by molar-refractivity contribution is 6.42. The van der Waals surface area contributed by atoms with Crippen LogP contribution in [-0.4, -0.2) is 63.8 Å². The van der Waals surface area contributed by atoms with E-state index < -0.39 is 23.4 Å². The van der Waals surface area contributed by atoms with Gasteiger partial charge in [-0.1, -0.05) is 6.07 Å². The molecule has 3 heterocycles. The molecular weight excluding hydrogens is 467 g/mol. The number of aromatic amines is 1. The number of carbonyl (C=O) groups is 3. The predicted molar refractivity (Wildman–Crippen MR) is 126 cm³/mol. The van der Waals surface area contributed by atoms with E-state index in [9.17, 15) is 23.6 Å². The Bertz CT molecular complexity index is 1370. The lowest BCUT2D eigenvalue weighted by atomic mass is 9.90. The normalized spacial score (nSPS) is 15.5. The SMILES string of the molecule is O=C(C(=O)N1CCN(C(=O)c2cc(Cc3n[nH]c(=O)c4c3CCCC4)ccc2F)CC1)c1ccoc1. The van der Waals surface area contributed by atoms with Gasteiger partial charge in [-0.3, -0.25) is 19.2 Å². The second kappa shape index (κ2) is 9.88. The van der Waals surface area contributed by atoms with Gasteiger partial charge < -0.3 is 14.2 Å². The first-order valence-electron chi connectivity index (χ1n) is 11.9. The third-order valence-corrected chi connectivity index (χ3v) is 6.85. The van der Waals surface area contributed by atoms with Crippen LogP contribution in [0.2, 0.25) is 0 Å². The summed E-state index contributed by atoms with van der Waals surface area (Å²) in [7, 11) is 0. The molecule has 5 rings (SSSR count). The van der Waals surface area contributed by atoms with Crippen molar-refractivity contribution in [2.45, 2.75) is 32.1 Å². The van der Waals surface area contributed by atoms with Gasteiger partial charge in [0.25, 0.3) is 23.2 Å². The Labute approximate surface area is 205 Å². The van der Waals surface area contributed by atoms with Gasteiger partial charge in [-0.2, -0.15) is 5.10 Å². The standard InChI is InChI=1S/C26H25FN4O5/c27-21-6-5-16(14-22-18-3-1-2-4-19(18)24(33)29-28-22)13-20(21)25(34)30-8-10-31(11-9-30)26(35)23(32)17-7-12-36-15-17/h5-7,12-13,15H,1-4,8-11,14H2,(H,29,33). The number of Topliss-reactive ketones (excluding diaryl/α,β-unsaturated/α-hetero) is 1. The number of benzene rings is 1. The summed E-state index contributed by atoms with van der Waals surface area (Å²) >= 11 is 0. The first-order chi connectivity index (χ1) is 17.4. The minimum atomic E-state index is -0.666. The number of nitrogens with one attached hydrogen (secondary N) is 1. The average molecular weight is 493 g/mol. The summed E-state index contributed by atoms with van der Waals surface area (Å²) in [5, 5.41) is 6.80. The van der Waals surface area contributed by atoms with E-state index in [-0.39, 0.29) is 42.9 Å². The maximum Gasteiger partial charge on any atom is 0.295 e. The molecule has 186 valence electrons. The summed E-state index contributed by atoms with van der Waals surface area (Å²) in [6.45, 7) is 0.704. The molecule has 1 fully saturated rings. The van der Waals surface area contributed by atoms with Crippen LogP contribution in [0.4, 0.5) is 4.39 Å². The van der Waals surface area contributed by atoms with Crippen molar-refractivity contribution in [2.75, 3.05) is 26.2 Å². The molecule has 1 aliphatic heterocycles. The monoisotopic (exact) mass is 492 g/mol. The van der Waals surface area contributed by atoms with Gasteiger partial charge in [0.1, 0.15) is 12.1 Å². The average Bonchev–Trinajstić information content (AvgIpc) is 3.45. The topological polar surface area (TPSA) is 117 Å². The van der Waals surface area contributed by atoms with Crippen LogP contribution in [0.5, 0.6) is 0 Å². The summed E-state index contributed by atoms with van der Waals surface area (Å²) in [6, 6.07) is 5.84. The molecule has 2 aliphatic rings. The maximum absolute atomic E-state index is 14.7. The van der Waals surface area contributed by atoms with E-state index in [1.807, 2.05) is 0 Å². The molecule has 0 saturated carbocycles. The number of hydrogen-bond donors (Lipinski definition) is 1. The summed E-state index contributed by atoms with van der Waals surface area (Å²) in [4.78, 5) is 52.9. The Kier molecular flexibility index (Phi) is 6.49. The zero-order valence-electron chi connectivity index (χ0n) is 19.6. The summed E-state index contributed by atoms with van der Waals surface area (Å²) in [5.41, 5.74) is 3.13. The second-order valence-corrected chi connectivity index (χ2v) is 9.08. The fourth-order valence-electron chi connectivity index (χ4n) is 4.86. The van der Waals surface area contributed by atoms with Gasteiger partial charge in [0.15, 0.2) is 0 Å². The molecule has 1 saturated heterocycles. The number of carbonyl (C=O) groups excluding carboxylic acids is 3. The van der Waals surface area contributed by atoms with Gasteiger partial charge in [0.2, 0.25) is 0 Å². The number of halogens is 1. The van der Waals surface area contributed by atoms with Crippen molar-refractivity contribution in [2.24, 2.45) is 0 Å². The molecule has 3 aromatic rings. The quantitative estimate of drug-likeness (QED) is 0.431. The number of H-pyrrole nitrogens is 1. The van der Waals surface area contributed by atoms with Crippen molar-refractivity contribution in [3.63, 3.8) is 0 Å². The van der Waals surface area contributed by atoms with E-state index in [1.54, 1.807) is 6.07 Å². The molecule has 1 N–H and O–H groups in total. The van der Waals surface area contributed by atoms with Gasteiger partial charge in [0.05, 0.1) is 23.1 Å². The zero-order valence-corrected chi connectivity index (χ0v) is 19.6. The van der Waals surface area contributed by atoms with Gasteiger partial charge in [-0.25, -0.2) is 9.49 Å². The summed E-state index contributed by atoms with van der Waals surface area (Å²) < 4.78 is 19.5. The van der Waals surface area contributed by atoms with Gasteiger partial charge in [-0.15, -0.1) is 0 Å². The maximum atomic E-state index is 14.7. The molecule has 0 radical (unpaired) electrons. The number of piperazine rings is 1. The number of hydrogen-bond acceptors (Lipinski definition) is 6. The molecule has 1 aliphatic carbocycles. The third kappa shape index (κ3) is 4.58. The van der Waals surface area contributed by atoms with Crippen molar-refractivity contribution in [1.82, 2.24) is 20.0 Å². The van der Waals surface area contributed by atoms with Gasteiger partial charge in [-0.05, 0) is 55.0 Å². The van der Waals surface area contributed by atoms with Crippen LogP contribution in [0.1, 0.15) is 55.9 Å². The highest BCUT2D eigenvalue weighted by Crippen LogP contribution is 2.23. The molecule has 0 spiro atoms. The molecule has 10 heteroatoms. The van der Waals surface area contributed by atoms with Crippen LogP contribution < -0.4 is 5.56 Å². The molecule has 1 aromatic carbocycles. The number of rotatable bonds is 5. The van der Waals surface area contributed by atoms with Crippen molar-refractivity contribution in [3.8, 4) is 0 Å². The lowest BCUT2D eigenvalue weighted by Gasteiger charge is -2.34. The molecule has 2 aromatic heterocycles. The van der Waals surface area contributed by atoms with E-state index in [0.717, 1.165) is 42.5 Å². The second-order valence-electron chi connectivity index (χ2n) is 9.08. The Morgan fingerprint density at radius 3 is 2.44 bits per heavy atom. The van der Waals surface area contributed by atoms with Crippen LogP contribution in [-0.2, 0) is 24.1 Å². The van der Waals surface area contributed by atoms with Gasteiger partial charge in [0, 0.05) is 38.2 Å². The third-order valence-electron chi connectivity index (χ3n) is 6.85. The first kappa shape index (κ1) is 23.7. The molecule has 0 atom stereocenters. The van der Waals surface area contributed by atoms with Crippen molar-refractivity contribution in [3.05, 3.63) is 86.5 Å². The van der Waals surface area contributed by atoms with E-state index in [0.29, 0.717) is 12.0 Å². The number of fused-ring (bicyclic) bond motifs is 1. The van der Waals surface area contributed by atoms with E-state index in [2.05, 4.69) is 10.2 Å². The zero-order chi connectivity index (χ0) is 25.2. The molecule has 0 bridgehead atoms. The van der Waals surface area contributed by atoms with E-state index in [4.69, 9.17) is 4.42 Å². The number of nitrogens with zero attached hydrogens (tertiary/aromatic N) is 3. The number of aromatic nitrogens is 2. The Balaban J connectivity index is 1.28. The first-order valence-corrected chi connectivity index (χ1v) is 11.9. The molecule has 9 nitrogen and oxygen atoms in total. The van der Waals surface area contributed by atoms with Crippen LogP contribution in [0.25, 0.3) is 0 Å². The Hall–Kier alpha value is -4.08. The number of furan rings is 1. The predicted octanol–water partition coefficient (Wildman–Crippen LogP) is 2.14. The molecule has 2 amide bonds. The number of ketones is 1. The van der Waals surface area contributed by atoms with E-state index in [1.165, 1.54) is 40.5 Å². The van der Waals surface area contributed by atoms with E-state index >= 15 is 0 Å². The fraction of sp³-hybridized carbons (Fsp3) is 0.346. The lowest BCUT2D eigenvalue weighted by Crippen LogP contribution is -2.52. The van der Waals surface area contributed by atoms with Crippen LogP contribution in [0, 0.1) is 5.82 Å². The molecule has 0 unspecified atom stereocenters. The Morgan fingerprint density at radius 2 is 1.72 bits per heavy atom. The molecule has 36 heavy (non-hydrogen) atoms. The highest BCUT2D eigenvalue weighted by atomic mass is 19.1. The Morgan fingerprint density at radius 1 is 1.00 bits per heavy atom. The minimum absolute atomic E-state index is 0.0555. The van der Waals surface area contributed by atoms with Crippen LogP contribution >= 0.6 is 0 Å². The fourth-order valence-corrected chi connectivity index (χ4v) is 4.86. The summed E-state index contributed by atoms with van der Waals surface area (Å²) in [5.74, 6) is -2.43. The summed E-state index contributed by atoms with van der Waals surface area (Å²) in [6.07, 6.45) is 6.36.